The average Bonchev–Trinajstić information content (AvgIpc) is 2.46. The van der Waals surface area contributed by atoms with E-state index in [1.54, 1.807) is 0 Å². The lowest BCUT2D eigenvalue weighted by atomic mass is 9.88. The molecule has 0 amide bonds. The first-order chi connectivity index (χ1) is 10.7. The van der Waals surface area contributed by atoms with Crippen LogP contribution in [0.4, 0.5) is 11.4 Å². The van der Waals surface area contributed by atoms with E-state index in [1.165, 1.54) is 18.6 Å². The Hall–Kier alpha value is -1.67. The van der Waals surface area contributed by atoms with Crippen molar-refractivity contribution in [1.29, 1.82) is 0 Å². The standard InChI is InChI=1S/C15H23N3O4S/c1-11(2)7-12-3-5-17(6-4-12)13-8-14(18(19)20)10-15(9-13)23(16,21)22/h8-12H,3-7H2,1-2H3,(H2,16,21,22). The summed E-state index contributed by atoms with van der Waals surface area (Å²) in [5, 5.41) is 16.2. The van der Waals surface area contributed by atoms with Crippen LogP contribution in [0.5, 0.6) is 0 Å². The van der Waals surface area contributed by atoms with E-state index in [1.807, 2.05) is 4.90 Å². The van der Waals surface area contributed by atoms with Crippen LogP contribution in [0.25, 0.3) is 0 Å². The van der Waals surface area contributed by atoms with Crippen LogP contribution in [0.1, 0.15) is 33.1 Å². The molecule has 0 atom stereocenters. The van der Waals surface area contributed by atoms with E-state index >= 15 is 0 Å². The molecule has 1 saturated heterocycles. The zero-order chi connectivity index (χ0) is 17.2. The van der Waals surface area contributed by atoms with Crippen LogP contribution < -0.4 is 10.0 Å². The summed E-state index contributed by atoms with van der Waals surface area (Å²) >= 11 is 0. The number of nitro benzene ring substituents is 1. The number of hydrogen-bond donors (Lipinski definition) is 1. The van der Waals surface area contributed by atoms with Gasteiger partial charge in [0.05, 0.1) is 9.82 Å². The number of non-ortho nitro benzene ring substituents is 1. The summed E-state index contributed by atoms with van der Waals surface area (Å²) in [4.78, 5) is 12.2. The van der Waals surface area contributed by atoms with Crippen LogP contribution in [0.3, 0.4) is 0 Å². The number of piperidine rings is 1. The number of primary sulfonamides is 1. The van der Waals surface area contributed by atoms with Crippen LogP contribution in [0.2, 0.25) is 0 Å². The van der Waals surface area contributed by atoms with Gasteiger partial charge in [-0.25, -0.2) is 13.6 Å². The summed E-state index contributed by atoms with van der Waals surface area (Å²) in [6, 6.07) is 3.84. The van der Waals surface area contributed by atoms with Gasteiger partial charge in [-0.1, -0.05) is 13.8 Å². The Morgan fingerprint density at radius 3 is 2.39 bits per heavy atom. The molecule has 23 heavy (non-hydrogen) atoms. The summed E-state index contributed by atoms with van der Waals surface area (Å²) in [6.07, 6.45) is 3.18. The lowest BCUT2D eigenvalue weighted by Gasteiger charge is -2.34. The van der Waals surface area contributed by atoms with Gasteiger partial charge in [-0.15, -0.1) is 0 Å². The Bertz CT molecular complexity index is 680. The molecule has 1 fully saturated rings. The molecule has 1 aliphatic heterocycles. The van der Waals surface area contributed by atoms with Crippen LogP contribution >= 0.6 is 0 Å². The molecule has 1 aromatic carbocycles. The van der Waals surface area contributed by atoms with Crippen LogP contribution in [0, 0.1) is 22.0 Å². The number of nitro groups is 1. The molecule has 0 unspecified atom stereocenters. The minimum atomic E-state index is -3.98. The van der Waals surface area contributed by atoms with Crippen LogP contribution in [0.15, 0.2) is 23.1 Å². The van der Waals surface area contributed by atoms with Crippen molar-refractivity contribution < 1.29 is 13.3 Å². The number of rotatable bonds is 5. The highest BCUT2D eigenvalue weighted by atomic mass is 32.2. The first-order valence-corrected chi connectivity index (χ1v) is 9.28. The van der Waals surface area contributed by atoms with Gasteiger partial charge in [0.2, 0.25) is 10.0 Å². The highest BCUT2D eigenvalue weighted by Gasteiger charge is 2.23. The zero-order valence-electron chi connectivity index (χ0n) is 13.4. The molecule has 1 aliphatic rings. The van der Waals surface area contributed by atoms with Crippen LogP contribution in [-0.4, -0.2) is 26.4 Å². The van der Waals surface area contributed by atoms with Gasteiger partial charge in [0.25, 0.3) is 5.69 Å². The van der Waals surface area contributed by atoms with E-state index in [4.69, 9.17) is 5.14 Å². The molecular weight excluding hydrogens is 318 g/mol. The number of anilines is 1. The SMILES string of the molecule is CC(C)CC1CCN(c2cc([N+](=O)[O-])cc(S(N)(=O)=O)c2)CC1. The van der Waals surface area contributed by atoms with E-state index in [0.29, 0.717) is 17.5 Å². The summed E-state index contributed by atoms with van der Waals surface area (Å²) < 4.78 is 23.1. The number of hydrogen-bond acceptors (Lipinski definition) is 5. The molecule has 1 heterocycles. The molecule has 0 radical (unpaired) electrons. The molecule has 7 nitrogen and oxygen atoms in total. The van der Waals surface area contributed by atoms with E-state index < -0.39 is 14.9 Å². The molecule has 1 aromatic rings. The molecule has 8 heteroatoms. The molecule has 0 aliphatic carbocycles. The minimum absolute atomic E-state index is 0.217. The fourth-order valence-electron chi connectivity index (χ4n) is 3.11. The van der Waals surface area contributed by atoms with E-state index in [9.17, 15) is 18.5 Å². The molecule has 0 bridgehead atoms. The van der Waals surface area contributed by atoms with Crippen molar-refractivity contribution in [3.05, 3.63) is 28.3 Å². The van der Waals surface area contributed by atoms with Crippen LogP contribution in [-0.2, 0) is 10.0 Å². The molecule has 2 rings (SSSR count). The lowest BCUT2D eigenvalue weighted by Crippen LogP contribution is -2.34. The largest absolute Gasteiger partial charge is 0.371 e. The quantitative estimate of drug-likeness (QED) is 0.654. The summed E-state index contributed by atoms with van der Waals surface area (Å²) in [7, 11) is -3.98. The van der Waals surface area contributed by atoms with Gasteiger partial charge in [-0.05, 0) is 37.2 Å². The summed E-state index contributed by atoms with van der Waals surface area (Å²) in [5.41, 5.74) is 0.294. The van der Waals surface area contributed by atoms with Crippen molar-refractivity contribution in [2.45, 2.75) is 38.0 Å². The maximum absolute atomic E-state index is 11.6. The van der Waals surface area contributed by atoms with Crippen molar-refractivity contribution in [1.82, 2.24) is 0 Å². The molecule has 0 aromatic heterocycles. The monoisotopic (exact) mass is 341 g/mol. The zero-order valence-corrected chi connectivity index (χ0v) is 14.3. The molecule has 128 valence electrons. The molecule has 0 spiro atoms. The van der Waals surface area contributed by atoms with Crippen molar-refractivity contribution in [2.75, 3.05) is 18.0 Å². The summed E-state index contributed by atoms with van der Waals surface area (Å²) in [5.74, 6) is 1.31. The number of nitrogens with zero attached hydrogens (tertiary/aromatic N) is 2. The normalized spacial score (nSPS) is 16.8. The highest BCUT2D eigenvalue weighted by Crippen LogP contribution is 2.31. The second-order valence-electron chi connectivity index (χ2n) is 6.55. The minimum Gasteiger partial charge on any atom is -0.371 e. The predicted molar refractivity (Wildman–Crippen MR) is 88.9 cm³/mol. The Morgan fingerprint density at radius 2 is 1.91 bits per heavy atom. The predicted octanol–water partition coefficient (Wildman–Crippen LogP) is 2.50. The Labute approximate surface area is 136 Å². The highest BCUT2D eigenvalue weighted by molar-refractivity contribution is 7.89. The van der Waals surface area contributed by atoms with Gasteiger partial charge in [-0.3, -0.25) is 10.1 Å². The Balaban J connectivity index is 2.23. The van der Waals surface area contributed by atoms with Gasteiger partial charge in [0, 0.05) is 30.9 Å². The third-order valence-corrected chi connectivity index (χ3v) is 5.09. The van der Waals surface area contributed by atoms with Crippen molar-refractivity contribution in [3.8, 4) is 0 Å². The summed E-state index contributed by atoms with van der Waals surface area (Å²) in [6.45, 7) is 5.93. The topological polar surface area (TPSA) is 107 Å². The number of sulfonamides is 1. The molecule has 2 N–H and O–H groups in total. The van der Waals surface area contributed by atoms with Crippen molar-refractivity contribution >= 4 is 21.4 Å². The van der Waals surface area contributed by atoms with E-state index in [-0.39, 0.29) is 10.6 Å². The second kappa shape index (κ2) is 6.84. The maximum atomic E-state index is 11.6. The first-order valence-electron chi connectivity index (χ1n) is 7.74. The first kappa shape index (κ1) is 17.7. The second-order valence-corrected chi connectivity index (χ2v) is 8.11. The number of nitrogens with two attached hydrogens (primary N) is 1. The Morgan fingerprint density at radius 1 is 1.30 bits per heavy atom. The fourth-order valence-corrected chi connectivity index (χ4v) is 3.68. The van der Waals surface area contributed by atoms with Gasteiger partial charge < -0.3 is 4.90 Å². The van der Waals surface area contributed by atoms with Crippen molar-refractivity contribution in [3.63, 3.8) is 0 Å². The van der Waals surface area contributed by atoms with Gasteiger partial charge in [-0.2, -0.15) is 0 Å². The smallest absolute Gasteiger partial charge is 0.272 e. The third-order valence-electron chi connectivity index (χ3n) is 4.20. The van der Waals surface area contributed by atoms with Gasteiger partial charge in [0.1, 0.15) is 0 Å². The average molecular weight is 341 g/mol. The maximum Gasteiger partial charge on any atom is 0.272 e. The number of benzene rings is 1. The molecular formula is C15H23N3O4S. The van der Waals surface area contributed by atoms with Crippen molar-refractivity contribution in [2.24, 2.45) is 17.0 Å². The third kappa shape index (κ3) is 4.65. The van der Waals surface area contributed by atoms with E-state index in [2.05, 4.69) is 13.8 Å². The Kier molecular flexibility index (Phi) is 5.26. The van der Waals surface area contributed by atoms with Gasteiger partial charge >= 0.3 is 0 Å². The van der Waals surface area contributed by atoms with Gasteiger partial charge in [0.15, 0.2) is 0 Å². The lowest BCUT2D eigenvalue weighted by molar-refractivity contribution is -0.385. The molecule has 0 saturated carbocycles. The van der Waals surface area contributed by atoms with E-state index in [0.717, 1.165) is 32.0 Å². The fraction of sp³-hybridized carbons (Fsp3) is 0.600.